The summed E-state index contributed by atoms with van der Waals surface area (Å²) in [7, 11) is 1.65. The van der Waals surface area contributed by atoms with Crippen LogP contribution in [0, 0.1) is 0 Å². The summed E-state index contributed by atoms with van der Waals surface area (Å²) < 4.78 is 5.92. The third-order valence-corrected chi connectivity index (χ3v) is 4.23. The zero-order chi connectivity index (χ0) is 12.0. The Kier molecular flexibility index (Phi) is 6.20. The van der Waals surface area contributed by atoms with Crippen LogP contribution >= 0.6 is 27.3 Å². The van der Waals surface area contributed by atoms with Gasteiger partial charge >= 0.3 is 0 Å². The number of hydrogen-bond donors (Lipinski definition) is 1. The van der Waals surface area contributed by atoms with E-state index < -0.39 is 0 Å². The minimum absolute atomic E-state index is 0.0965. The van der Waals surface area contributed by atoms with Crippen molar-refractivity contribution in [3.05, 3.63) is 20.8 Å². The van der Waals surface area contributed by atoms with Gasteiger partial charge in [-0.05, 0) is 40.2 Å². The van der Waals surface area contributed by atoms with Crippen LogP contribution in [0.5, 0.6) is 0 Å². The standard InChI is InChI=1S/C11H16BrNO2S/c1-15-5-2-3-9(13)10(14)7-11-8(12)4-6-16-11/h4,6,9H,2-3,5,7,13H2,1H3. The molecule has 16 heavy (non-hydrogen) atoms. The number of Topliss-reactive ketones (excluding diaryl/α,β-unsaturated/α-hetero) is 1. The number of ether oxygens (including phenoxy) is 1. The predicted molar refractivity (Wildman–Crippen MR) is 69.8 cm³/mol. The van der Waals surface area contributed by atoms with Crippen molar-refractivity contribution in [2.75, 3.05) is 13.7 Å². The molecule has 0 aliphatic carbocycles. The van der Waals surface area contributed by atoms with Crippen LogP contribution in [0.3, 0.4) is 0 Å². The van der Waals surface area contributed by atoms with E-state index in [4.69, 9.17) is 10.5 Å². The highest BCUT2D eigenvalue weighted by atomic mass is 79.9. The highest BCUT2D eigenvalue weighted by molar-refractivity contribution is 9.10. The number of methoxy groups -OCH3 is 1. The molecule has 0 saturated heterocycles. The van der Waals surface area contributed by atoms with Crippen LogP contribution in [0.25, 0.3) is 0 Å². The van der Waals surface area contributed by atoms with Crippen molar-refractivity contribution in [3.63, 3.8) is 0 Å². The van der Waals surface area contributed by atoms with E-state index in [1.807, 2.05) is 11.4 Å². The third-order valence-electron chi connectivity index (χ3n) is 2.30. The van der Waals surface area contributed by atoms with Gasteiger partial charge in [-0.2, -0.15) is 0 Å². The predicted octanol–water partition coefficient (Wildman–Crippen LogP) is 2.38. The van der Waals surface area contributed by atoms with Gasteiger partial charge in [-0.1, -0.05) is 0 Å². The molecular weight excluding hydrogens is 290 g/mol. The minimum atomic E-state index is -0.371. The van der Waals surface area contributed by atoms with Gasteiger partial charge in [0.1, 0.15) is 0 Å². The van der Waals surface area contributed by atoms with Crippen LogP contribution in [0.1, 0.15) is 17.7 Å². The molecule has 90 valence electrons. The fourth-order valence-electron chi connectivity index (χ4n) is 1.35. The molecule has 5 heteroatoms. The van der Waals surface area contributed by atoms with E-state index in [-0.39, 0.29) is 11.8 Å². The lowest BCUT2D eigenvalue weighted by Gasteiger charge is -2.09. The van der Waals surface area contributed by atoms with Crippen molar-refractivity contribution >= 4 is 33.0 Å². The van der Waals surface area contributed by atoms with Crippen LogP contribution in [0.4, 0.5) is 0 Å². The number of rotatable bonds is 7. The van der Waals surface area contributed by atoms with Gasteiger partial charge in [0, 0.05) is 29.5 Å². The second-order valence-corrected chi connectivity index (χ2v) is 5.43. The first-order valence-corrected chi connectivity index (χ1v) is 6.81. The molecule has 1 heterocycles. The Morgan fingerprint density at radius 1 is 1.69 bits per heavy atom. The Bertz CT molecular complexity index is 340. The fraction of sp³-hybridized carbons (Fsp3) is 0.545. The summed E-state index contributed by atoms with van der Waals surface area (Å²) in [5, 5.41) is 1.96. The number of carbonyl (C=O) groups excluding carboxylic acids is 1. The highest BCUT2D eigenvalue weighted by Gasteiger charge is 2.15. The molecule has 3 nitrogen and oxygen atoms in total. The van der Waals surface area contributed by atoms with Crippen molar-refractivity contribution in [1.82, 2.24) is 0 Å². The van der Waals surface area contributed by atoms with Crippen molar-refractivity contribution < 1.29 is 9.53 Å². The van der Waals surface area contributed by atoms with Gasteiger partial charge in [0.15, 0.2) is 5.78 Å². The van der Waals surface area contributed by atoms with Gasteiger partial charge in [-0.15, -0.1) is 11.3 Å². The Morgan fingerprint density at radius 3 is 3.00 bits per heavy atom. The largest absolute Gasteiger partial charge is 0.385 e. The summed E-state index contributed by atoms with van der Waals surface area (Å²) >= 11 is 4.98. The maximum absolute atomic E-state index is 11.8. The van der Waals surface area contributed by atoms with Crippen LogP contribution in [-0.2, 0) is 16.0 Å². The van der Waals surface area contributed by atoms with E-state index in [0.29, 0.717) is 19.4 Å². The first-order chi connectivity index (χ1) is 7.65. The number of thiophene rings is 1. The quantitative estimate of drug-likeness (QED) is 0.787. The van der Waals surface area contributed by atoms with Crippen LogP contribution in [-0.4, -0.2) is 25.5 Å². The average molecular weight is 306 g/mol. The van der Waals surface area contributed by atoms with Crippen molar-refractivity contribution in [3.8, 4) is 0 Å². The maximum Gasteiger partial charge on any atom is 0.154 e. The molecular formula is C11H16BrNO2S. The first-order valence-electron chi connectivity index (χ1n) is 5.14. The molecule has 2 N–H and O–H groups in total. The monoisotopic (exact) mass is 305 g/mol. The molecule has 0 amide bonds. The number of hydrogen-bond acceptors (Lipinski definition) is 4. The van der Waals surface area contributed by atoms with Crippen molar-refractivity contribution in [2.24, 2.45) is 5.73 Å². The molecule has 0 aromatic carbocycles. The Labute approximate surface area is 108 Å². The number of ketones is 1. The summed E-state index contributed by atoms with van der Waals surface area (Å²) in [4.78, 5) is 12.8. The van der Waals surface area contributed by atoms with Gasteiger partial charge in [-0.25, -0.2) is 0 Å². The van der Waals surface area contributed by atoms with E-state index in [9.17, 15) is 4.79 Å². The summed E-state index contributed by atoms with van der Waals surface area (Å²) in [6, 6.07) is 1.58. The summed E-state index contributed by atoms with van der Waals surface area (Å²) in [6.07, 6.45) is 1.94. The topological polar surface area (TPSA) is 52.3 Å². The van der Waals surface area contributed by atoms with E-state index in [2.05, 4.69) is 15.9 Å². The molecule has 0 aliphatic rings. The molecule has 0 spiro atoms. The minimum Gasteiger partial charge on any atom is -0.385 e. The normalized spacial score (nSPS) is 12.7. The number of carbonyl (C=O) groups is 1. The van der Waals surface area contributed by atoms with E-state index in [1.165, 1.54) is 0 Å². The van der Waals surface area contributed by atoms with Crippen LogP contribution in [0.2, 0.25) is 0 Å². The van der Waals surface area contributed by atoms with Crippen molar-refractivity contribution in [1.29, 1.82) is 0 Å². The fourth-order valence-corrected chi connectivity index (χ4v) is 2.85. The lowest BCUT2D eigenvalue weighted by Crippen LogP contribution is -2.31. The van der Waals surface area contributed by atoms with E-state index >= 15 is 0 Å². The Morgan fingerprint density at radius 2 is 2.44 bits per heavy atom. The lowest BCUT2D eigenvalue weighted by molar-refractivity contribution is -0.119. The van der Waals surface area contributed by atoms with E-state index in [1.54, 1.807) is 18.4 Å². The molecule has 0 aliphatic heterocycles. The van der Waals surface area contributed by atoms with Crippen LogP contribution < -0.4 is 5.73 Å². The molecule has 1 atom stereocenters. The molecule has 0 fully saturated rings. The number of halogens is 1. The number of nitrogens with two attached hydrogens (primary N) is 1. The van der Waals surface area contributed by atoms with Gasteiger partial charge in [0.05, 0.1) is 6.04 Å². The zero-order valence-electron chi connectivity index (χ0n) is 9.24. The molecule has 0 saturated carbocycles. The summed E-state index contributed by atoms with van der Waals surface area (Å²) in [5.41, 5.74) is 5.81. The van der Waals surface area contributed by atoms with Gasteiger partial charge in [0.25, 0.3) is 0 Å². The highest BCUT2D eigenvalue weighted by Crippen LogP contribution is 2.23. The second-order valence-electron chi connectivity index (χ2n) is 3.58. The van der Waals surface area contributed by atoms with Crippen LogP contribution in [0.15, 0.2) is 15.9 Å². The Hall–Kier alpha value is -0.230. The van der Waals surface area contributed by atoms with Gasteiger partial charge < -0.3 is 10.5 Å². The maximum atomic E-state index is 11.8. The molecule has 1 aromatic heterocycles. The second kappa shape index (κ2) is 7.17. The molecule has 1 aromatic rings. The summed E-state index contributed by atoms with van der Waals surface area (Å²) in [5.74, 6) is 0.0965. The zero-order valence-corrected chi connectivity index (χ0v) is 11.6. The van der Waals surface area contributed by atoms with Crippen molar-refractivity contribution in [2.45, 2.75) is 25.3 Å². The van der Waals surface area contributed by atoms with Gasteiger partial charge in [0.2, 0.25) is 0 Å². The smallest absolute Gasteiger partial charge is 0.154 e. The Balaban J connectivity index is 2.37. The molecule has 1 rings (SSSR count). The molecule has 1 unspecified atom stereocenters. The molecule has 0 radical (unpaired) electrons. The van der Waals surface area contributed by atoms with Gasteiger partial charge in [-0.3, -0.25) is 4.79 Å². The average Bonchev–Trinajstić information content (AvgIpc) is 2.64. The lowest BCUT2D eigenvalue weighted by atomic mass is 10.1. The molecule has 0 bridgehead atoms. The van der Waals surface area contributed by atoms with E-state index in [0.717, 1.165) is 15.8 Å². The SMILES string of the molecule is COCCCC(N)C(=O)Cc1sccc1Br. The summed E-state index contributed by atoms with van der Waals surface area (Å²) in [6.45, 7) is 0.656. The third kappa shape index (κ3) is 4.33. The first kappa shape index (κ1) is 13.8.